The van der Waals surface area contributed by atoms with Crippen molar-refractivity contribution in [2.45, 2.75) is 12.8 Å². The second-order valence-electron chi connectivity index (χ2n) is 8.19. The molecule has 3 amide bonds. The molecule has 8 heteroatoms. The van der Waals surface area contributed by atoms with Gasteiger partial charge in [0.15, 0.2) is 0 Å². The lowest BCUT2D eigenvalue weighted by Gasteiger charge is -2.16. The molecule has 2 aromatic heterocycles. The summed E-state index contributed by atoms with van der Waals surface area (Å²) in [6.45, 7) is 0.729. The van der Waals surface area contributed by atoms with Crippen LogP contribution in [0, 0.1) is 0 Å². The second kappa shape index (κ2) is 9.90. The first-order valence-corrected chi connectivity index (χ1v) is 11.4. The number of nitrogens with zero attached hydrogens (tertiary/aromatic N) is 3. The number of aliphatic hydroxyl groups excluding tert-OH is 1. The number of nitrogens with one attached hydrogen (secondary N) is 1. The molecule has 176 valence electrons. The van der Waals surface area contributed by atoms with Gasteiger partial charge in [-0.05, 0) is 48.2 Å². The van der Waals surface area contributed by atoms with E-state index in [1.165, 1.54) is 0 Å². The van der Waals surface area contributed by atoms with Gasteiger partial charge in [0.2, 0.25) is 0 Å². The standard InChI is InChI=1S/C27H24N4O4/c32-13-1-2-14-35-21-9-7-19(8-10-21)18-3-5-20(6-4-18)24-15-25(31-26(33)17-29-27(31)34)22-16-28-12-11-23(22)30-24/h3-12,15-16,32H,1-2,13-14,17H2,(H,29,34). The molecule has 3 heterocycles. The fourth-order valence-corrected chi connectivity index (χ4v) is 4.03. The first-order chi connectivity index (χ1) is 17.1. The summed E-state index contributed by atoms with van der Waals surface area (Å²) in [5.41, 5.74) is 4.74. The van der Waals surface area contributed by atoms with E-state index < -0.39 is 6.03 Å². The number of hydrogen-bond donors (Lipinski definition) is 2. The van der Waals surface area contributed by atoms with E-state index >= 15 is 0 Å². The normalized spacial score (nSPS) is 13.3. The summed E-state index contributed by atoms with van der Waals surface area (Å²) in [5, 5.41) is 12.1. The fourth-order valence-electron chi connectivity index (χ4n) is 4.03. The molecule has 1 saturated heterocycles. The van der Waals surface area contributed by atoms with Crippen LogP contribution in [0.4, 0.5) is 10.5 Å². The van der Waals surface area contributed by atoms with Gasteiger partial charge in [-0.3, -0.25) is 9.78 Å². The average molecular weight is 469 g/mol. The molecular formula is C27H24N4O4. The van der Waals surface area contributed by atoms with Gasteiger partial charge in [-0.1, -0.05) is 36.4 Å². The molecule has 35 heavy (non-hydrogen) atoms. The molecule has 1 fully saturated rings. The Hall–Kier alpha value is -4.30. The minimum absolute atomic E-state index is 0.0283. The van der Waals surface area contributed by atoms with Crippen LogP contribution in [0.2, 0.25) is 0 Å². The van der Waals surface area contributed by atoms with Gasteiger partial charge in [0, 0.05) is 30.0 Å². The highest BCUT2D eigenvalue weighted by molar-refractivity contribution is 6.23. The molecule has 1 aliphatic rings. The molecule has 0 saturated carbocycles. The lowest BCUT2D eigenvalue weighted by molar-refractivity contribution is -0.115. The number of urea groups is 1. The minimum atomic E-state index is -0.450. The summed E-state index contributed by atoms with van der Waals surface area (Å²) in [7, 11) is 0. The maximum absolute atomic E-state index is 12.4. The largest absolute Gasteiger partial charge is 0.494 e. The highest BCUT2D eigenvalue weighted by atomic mass is 16.5. The van der Waals surface area contributed by atoms with E-state index in [0.717, 1.165) is 40.2 Å². The smallest absolute Gasteiger partial charge is 0.329 e. The minimum Gasteiger partial charge on any atom is -0.494 e. The number of imide groups is 1. The number of hydrogen-bond acceptors (Lipinski definition) is 6. The Morgan fingerprint density at radius 1 is 0.943 bits per heavy atom. The third-order valence-corrected chi connectivity index (χ3v) is 5.86. The molecule has 5 rings (SSSR count). The van der Waals surface area contributed by atoms with Crippen LogP contribution in [0.1, 0.15) is 12.8 Å². The third-order valence-electron chi connectivity index (χ3n) is 5.86. The van der Waals surface area contributed by atoms with Gasteiger partial charge in [0.05, 0.1) is 30.0 Å². The topological polar surface area (TPSA) is 105 Å². The number of amides is 3. The number of fused-ring (bicyclic) bond motifs is 1. The molecule has 0 spiro atoms. The van der Waals surface area contributed by atoms with Crippen molar-refractivity contribution in [2.24, 2.45) is 0 Å². The van der Waals surface area contributed by atoms with Crippen LogP contribution >= 0.6 is 0 Å². The summed E-state index contributed by atoms with van der Waals surface area (Å²) in [6, 6.07) is 18.9. The average Bonchev–Trinajstić information content (AvgIpc) is 3.24. The number of benzene rings is 2. The van der Waals surface area contributed by atoms with E-state index in [2.05, 4.69) is 10.3 Å². The van der Waals surface area contributed by atoms with E-state index in [0.29, 0.717) is 28.9 Å². The third kappa shape index (κ3) is 4.69. The predicted octanol–water partition coefficient (Wildman–Crippen LogP) is 4.17. The van der Waals surface area contributed by atoms with Crippen molar-refractivity contribution < 1.29 is 19.4 Å². The van der Waals surface area contributed by atoms with E-state index in [1.54, 1.807) is 24.5 Å². The zero-order chi connectivity index (χ0) is 24.2. The molecule has 0 bridgehead atoms. The summed E-state index contributed by atoms with van der Waals surface area (Å²) < 4.78 is 5.70. The maximum Gasteiger partial charge on any atom is 0.329 e. The SMILES string of the molecule is O=C1CNC(=O)N1c1cc(-c2ccc(-c3ccc(OCCCCO)cc3)cc2)nc2ccncc12. The number of rotatable bonds is 8. The Labute approximate surface area is 202 Å². The molecule has 2 N–H and O–H groups in total. The van der Waals surface area contributed by atoms with E-state index in [9.17, 15) is 9.59 Å². The van der Waals surface area contributed by atoms with E-state index in [4.69, 9.17) is 14.8 Å². The van der Waals surface area contributed by atoms with Crippen molar-refractivity contribution in [3.63, 3.8) is 0 Å². The van der Waals surface area contributed by atoms with Crippen LogP contribution in [0.15, 0.2) is 73.1 Å². The van der Waals surface area contributed by atoms with Crippen LogP contribution in [0.5, 0.6) is 5.75 Å². The van der Waals surface area contributed by atoms with Gasteiger partial charge in [0.25, 0.3) is 5.91 Å². The lowest BCUT2D eigenvalue weighted by atomic mass is 10.0. The van der Waals surface area contributed by atoms with Crippen molar-refractivity contribution in [1.29, 1.82) is 0 Å². The number of carbonyl (C=O) groups is 2. The van der Waals surface area contributed by atoms with Gasteiger partial charge >= 0.3 is 6.03 Å². The van der Waals surface area contributed by atoms with Crippen LogP contribution in [-0.2, 0) is 4.79 Å². The monoisotopic (exact) mass is 468 g/mol. The number of anilines is 1. The Balaban J connectivity index is 1.41. The van der Waals surface area contributed by atoms with Crippen molar-refractivity contribution >= 4 is 28.5 Å². The Morgan fingerprint density at radius 2 is 1.66 bits per heavy atom. The molecular weight excluding hydrogens is 444 g/mol. The van der Waals surface area contributed by atoms with E-state index in [1.807, 2.05) is 48.5 Å². The second-order valence-corrected chi connectivity index (χ2v) is 8.19. The molecule has 1 aliphatic heterocycles. The predicted molar refractivity (Wildman–Crippen MR) is 133 cm³/mol. The molecule has 0 unspecified atom stereocenters. The molecule has 8 nitrogen and oxygen atoms in total. The summed E-state index contributed by atoms with van der Waals surface area (Å²) in [6.07, 6.45) is 4.80. The van der Waals surface area contributed by atoms with Gasteiger partial charge in [-0.2, -0.15) is 0 Å². The Kier molecular flexibility index (Phi) is 6.36. The molecule has 0 atom stereocenters. The molecule has 0 aliphatic carbocycles. The van der Waals surface area contributed by atoms with Gasteiger partial charge in [-0.15, -0.1) is 0 Å². The molecule has 0 radical (unpaired) electrons. The van der Waals surface area contributed by atoms with Gasteiger partial charge < -0.3 is 15.2 Å². The number of pyridine rings is 2. The zero-order valence-electron chi connectivity index (χ0n) is 19.0. The summed E-state index contributed by atoms with van der Waals surface area (Å²) in [5.74, 6) is 0.486. The lowest BCUT2D eigenvalue weighted by Crippen LogP contribution is -2.31. The highest BCUT2D eigenvalue weighted by Gasteiger charge is 2.31. The Bertz CT molecular complexity index is 1350. The van der Waals surface area contributed by atoms with Crippen molar-refractivity contribution in [3.05, 3.63) is 73.1 Å². The molecule has 2 aromatic carbocycles. The van der Waals surface area contributed by atoms with Crippen molar-refractivity contribution in [2.75, 3.05) is 24.7 Å². The first kappa shape index (κ1) is 22.5. The summed E-state index contributed by atoms with van der Waals surface area (Å²) >= 11 is 0. The van der Waals surface area contributed by atoms with Crippen LogP contribution < -0.4 is 15.0 Å². The van der Waals surface area contributed by atoms with Gasteiger partial charge in [-0.25, -0.2) is 14.7 Å². The quantitative estimate of drug-likeness (QED) is 0.297. The van der Waals surface area contributed by atoms with Crippen LogP contribution in [-0.4, -0.2) is 46.8 Å². The zero-order valence-corrected chi connectivity index (χ0v) is 19.0. The number of ether oxygens (including phenoxy) is 1. The van der Waals surface area contributed by atoms with E-state index in [-0.39, 0.29) is 19.1 Å². The van der Waals surface area contributed by atoms with Crippen molar-refractivity contribution in [1.82, 2.24) is 15.3 Å². The number of aliphatic hydroxyl groups is 1. The number of carbonyl (C=O) groups excluding carboxylic acids is 2. The summed E-state index contributed by atoms with van der Waals surface area (Å²) in [4.78, 5) is 34.7. The fraction of sp³-hybridized carbons (Fsp3) is 0.185. The number of aromatic nitrogens is 2. The van der Waals surface area contributed by atoms with Crippen LogP contribution in [0.3, 0.4) is 0 Å². The number of unbranched alkanes of at least 4 members (excludes halogenated alkanes) is 1. The Morgan fingerprint density at radius 3 is 2.34 bits per heavy atom. The maximum atomic E-state index is 12.4. The first-order valence-electron chi connectivity index (χ1n) is 11.4. The highest BCUT2D eigenvalue weighted by Crippen LogP contribution is 2.32. The van der Waals surface area contributed by atoms with Crippen molar-refractivity contribution in [3.8, 4) is 28.1 Å². The van der Waals surface area contributed by atoms with Crippen LogP contribution in [0.25, 0.3) is 33.3 Å². The molecule has 4 aromatic rings. The van der Waals surface area contributed by atoms with Gasteiger partial charge in [0.1, 0.15) is 5.75 Å².